The highest BCUT2D eigenvalue weighted by Crippen LogP contribution is 2.44. The summed E-state index contributed by atoms with van der Waals surface area (Å²) in [6.07, 6.45) is 1.51. The first-order valence-electron chi connectivity index (χ1n) is 8.24. The number of anilines is 2. The van der Waals surface area contributed by atoms with Gasteiger partial charge in [0.05, 0.1) is 22.2 Å². The zero-order chi connectivity index (χ0) is 18.6. The van der Waals surface area contributed by atoms with E-state index in [1.54, 1.807) is 24.0 Å². The van der Waals surface area contributed by atoms with Gasteiger partial charge in [-0.05, 0) is 61.2 Å². The first-order chi connectivity index (χ1) is 12.3. The van der Waals surface area contributed by atoms with Crippen LogP contribution in [0.4, 0.5) is 15.8 Å². The monoisotopic (exact) mass is 438 g/mol. The highest BCUT2D eigenvalue weighted by atomic mass is 79.9. The summed E-state index contributed by atoms with van der Waals surface area (Å²) in [5.41, 5.74) is 2.31. The van der Waals surface area contributed by atoms with E-state index in [0.29, 0.717) is 11.0 Å². The van der Waals surface area contributed by atoms with E-state index in [1.165, 1.54) is 18.2 Å². The molecule has 0 fully saturated rings. The minimum Gasteiger partial charge on any atom is -0.311 e. The van der Waals surface area contributed by atoms with Crippen molar-refractivity contribution in [2.24, 2.45) is 0 Å². The van der Waals surface area contributed by atoms with Gasteiger partial charge in [0.15, 0.2) is 0 Å². The third-order valence-electron chi connectivity index (χ3n) is 4.88. The van der Waals surface area contributed by atoms with E-state index in [9.17, 15) is 17.6 Å². The van der Waals surface area contributed by atoms with Gasteiger partial charge >= 0.3 is 0 Å². The Labute approximate surface area is 159 Å². The lowest BCUT2D eigenvalue weighted by Gasteiger charge is -2.26. The summed E-state index contributed by atoms with van der Waals surface area (Å²) in [6.45, 7) is 2.45. The molecule has 1 atom stereocenters. The molecule has 0 aromatic heterocycles. The molecular weight excluding hydrogens is 423 g/mol. The fourth-order valence-corrected chi connectivity index (χ4v) is 5.08. The van der Waals surface area contributed by atoms with Crippen LogP contribution in [0.15, 0.2) is 39.7 Å². The molecule has 0 spiro atoms. The fraction of sp³-hybridized carbons (Fsp3) is 0.278. The highest BCUT2D eigenvalue weighted by Gasteiger charge is 2.38. The van der Waals surface area contributed by atoms with Gasteiger partial charge in [0, 0.05) is 11.0 Å². The molecule has 8 heteroatoms. The van der Waals surface area contributed by atoms with Gasteiger partial charge in [0.1, 0.15) is 5.82 Å². The van der Waals surface area contributed by atoms with Crippen molar-refractivity contribution < 1.29 is 17.6 Å². The summed E-state index contributed by atoms with van der Waals surface area (Å²) in [7, 11) is -3.97. The molecule has 0 bridgehead atoms. The quantitative estimate of drug-likeness (QED) is 0.792. The number of benzene rings is 2. The molecule has 0 aliphatic carbocycles. The Balaban J connectivity index is 1.78. The summed E-state index contributed by atoms with van der Waals surface area (Å²) in [5.74, 6) is -1.04. The van der Waals surface area contributed by atoms with E-state index < -0.39 is 15.8 Å². The Hall–Kier alpha value is -1.93. The van der Waals surface area contributed by atoms with Crippen LogP contribution in [0.1, 0.15) is 30.4 Å². The van der Waals surface area contributed by atoms with Gasteiger partial charge in [-0.25, -0.2) is 12.8 Å². The van der Waals surface area contributed by atoms with Crippen molar-refractivity contribution in [3.63, 3.8) is 0 Å². The fourth-order valence-electron chi connectivity index (χ4n) is 3.60. The van der Waals surface area contributed by atoms with Gasteiger partial charge < -0.3 is 4.90 Å². The largest absolute Gasteiger partial charge is 0.311 e. The molecule has 2 aromatic rings. The average molecular weight is 439 g/mol. The number of amides is 1. The minimum atomic E-state index is -3.97. The van der Waals surface area contributed by atoms with Gasteiger partial charge in [-0.15, -0.1) is 0 Å². The van der Waals surface area contributed by atoms with Crippen LogP contribution < -0.4 is 9.62 Å². The number of halogens is 2. The van der Waals surface area contributed by atoms with Crippen LogP contribution in [0.25, 0.3) is 0 Å². The molecule has 0 saturated heterocycles. The van der Waals surface area contributed by atoms with Crippen molar-refractivity contribution in [3.05, 3.63) is 51.7 Å². The van der Waals surface area contributed by atoms with Gasteiger partial charge in [0.25, 0.3) is 10.0 Å². The molecule has 2 aliphatic heterocycles. The van der Waals surface area contributed by atoms with Gasteiger partial charge in [-0.2, -0.15) is 0 Å². The maximum Gasteiger partial charge on any atom is 0.262 e. The molecule has 2 aromatic carbocycles. The molecule has 1 N–H and O–H groups in total. The topological polar surface area (TPSA) is 66.5 Å². The molecule has 4 rings (SSSR count). The smallest absolute Gasteiger partial charge is 0.262 e. The summed E-state index contributed by atoms with van der Waals surface area (Å²) in [6, 6.07) is 7.25. The number of rotatable bonds is 3. The molecule has 0 radical (unpaired) electrons. The summed E-state index contributed by atoms with van der Waals surface area (Å²) in [5, 5.41) is 0. The second kappa shape index (κ2) is 6.06. The van der Waals surface area contributed by atoms with Crippen molar-refractivity contribution in [2.75, 3.05) is 16.2 Å². The lowest BCUT2D eigenvalue weighted by molar-refractivity contribution is -0.119. The standard InChI is InChI=1S/C18H16BrFN2O3S/c1-10-14-9-13(7-11-3-2-6-22(17(11)14)18(10)23)26(24,25)21-16-5-4-12(19)8-15(16)20/h4-5,7-10,21H,2-3,6H2,1H3/t10-/m1/s1. The van der Waals surface area contributed by atoms with Crippen LogP contribution in [0, 0.1) is 5.82 Å². The van der Waals surface area contributed by atoms with Crippen molar-refractivity contribution >= 4 is 43.2 Å². The van der Waals surface area contributed by atoms with E-state index in [-0.39, 0.29) is 22.4 Å². The van der Waals surface area contributed by atoms with Crippen LogP contribution in [0.5, 0.6) is 0 Å². The number of hydrogen-bond acceptors (Lipinski definition) is 3. The van der Waals surface area contributed by atoms with Crippen molar-refractivity contribution in [1.29, 1.82) is 0 Å². The number of aryl methyl sites for hydroxylation is 1. The SMILES string of the molecule is C[C@H]1C(=O)N2CCCc3cc(S(=O)(=O)Nc4ccc(Br)cc4F)cc1c32. The third kappa shape index (κ3) is 2.72. The zero-order valence-corrected chi connectivity index (χ0v) is 16.3. The second-order valence-electron chi connectivity index (χ2n) is 6.57. The van der Waals surface area contributed by atoms with Crippen LogP contribution in [0.2, 0.25) is 0 Å². The lowest BCUT2D eigenvalue weighted by atomic mass is 9.97. The first kappa shape index (κ1) is 17.5. The number of hydrogen-bond donors (Lipinski definition) is 1. The minimum absolute atomic E-state index is 0.00223. The molecular formula is C18H16BrFN2O3S. The molecule has 26 heavy (non-hydrogen) atoms. The molecule has 1 amide bonds. The number of carbonyl (C=O) groups is 1. The van der Waals surface area contributed by atoms with E-state index in [2.05, 4.69) is 20.7 Å². The molecule has 0 saturated carbocycles. The predicted molar refractivity (Wildman–Crippen MR) is 100 cm³/mol. The first-order valence-corrected chi connectivity index (χ1v) is 10.5. The third-order valence-corrected chi connectivity index (χ3v) is 6.72. The molecule has 136 valence electrons. The maximum absolute atomic E-state index is 14.0. The number of nitrogens with zero attached hydrogens (tertiary/aromatic N) is 1. The second-order valence-corrected chi connectivity index (χ2v) is 9.16. The lowest BCUT2D eigenvalue weighted by Crippen LogP contribution is -2.32. The van der Waals surface area contributed by atoms with E-state index in [4.69, 9.17) is 0 Å². The van der Waals surface area contributed by atoms with Crippen LogP contribution in [-0.2, 0) is 21.2 Å². The van der Waals surface area contributed by atoms with Crippen molar-refractivity contribution in [3.8, 4) is 0 Å². The van der Waals surface area contributed by atoms with Gasteiger partial charge in [0.2, 0.25) is 5.91 Å². The van der Waals surface area contributed by atoms with Crippen LogP contribution >= 0.6 is 15.9 Å². The van der Waals surface area contributed by atoms with Crippen molar-refractivity contribution in [2.45, 2.75) is 30.6 Å². The Morgan fingerprint density at radius 2 is 2.04 bits per heavy atom. The molecule has 5 nitrogen and oxygen atoms in total. The normalized spacial score (nSPS) is 18.8. The highest BCUT2D eigenvalue weighted by molar-refractivity contribution is 9.10. The number of carbonyl (C=O) groups excluding carboxylic acids is 1. The Morgan fingerprint density at radius 3 is 2.77 bits per heavy atom. The van der Waals surface area contributed by atoms with Gasteiger partial charge in [-0.3, -0.25) is 9.52 Å². The number of sulfonamides is 1. The van der Waals surface area contributed by atoms with Crippen molar-refractivity contribution in [1.82, 2.24) is 0 Å². The predicted octanol–water partition coefficient (Wildman–Crippen LogP) is 3.79. The van der Waals surface area contributed by atoms with Crippen LogP contribution in [-0.4, -0.2) is 20.9 Å². The molecule has 0 unspecified atom stereocenters. The van der Waals surface area contributed by atoms with E-state index in [1.807, 2.05) is 0 Å². The molecule has 2 aliphatic rings. The number of nitrogens with one attached hydrogen (secondary N) is 1. The average Bonchev–Trinajstić information content (AvgIpc) is 2.84. The van der Waals surface area contributed by atoms with Gasteiger partial charge in [-0.1, -0.05) is 15.9 Å². The Morgan fingerprint density at radius 1 is 1.27 bits per heavy atom. The Bertz CT molecular complexity index is 1040. The maximum atomic E-state index is 14.0. The van der Waals surface area contributed by atoms with E-state index >= 15 is 0 Å². The summed E-state index contributed by atoms with van der Waals surface area (Å²) in [4.78, 5) is 14.2. The summed E-state index contributed by atoms with van der Waals surface area (Å²) < 4.78 is 42.5. The van der Waals surface area contributed by atoms with E-state index in [0.717, 1.165) is 29.7 Å². The van der Waals surface area contributed by atoms with Crippen LogP contribution in [0.3, 0.4) is 0 Å². The summed E-state index contributed by atoms with van der Waals surface area (Å²) >= 11 is 3.14. The zero-order valence-electron chi connectivity index (χ0n) is 13.9. The molecule has 2 heterocycles. The Kier molecular flexibility index (Phi) is 4.07.